The molecule has 2 atom stereocenters. The van der Waals surface area contributed by atoms with Crippen molar-refractivity contribution in [2.75, 3.05) is 11.5 Å². The van der Waals surface area contributed by atoms with E-state index in [0.717, 1.165) is 5.75 Å². The van der Waals surface area contributed by atoms with Gasteiger partial charge in [0.05, 0.1) is 22.5 Å². The quantitative estimate of drug-likeness (QED) is 0.668. The van der Waals surface area contributed by atoms with Crippen LogP contribution in [0.5, 0.6) is 0 Å². The Morgan fingerprint density at radius 2 is 2.17 bits per heavy atom. The first-order valence-corrected chi connectivity index (χ1v) is 6.78. The third-order valence-electron chi connectivity index (χ3n) is 3.04. The van der Waals surface area contributed by atoms with Crippen molar-refractivity contribution in [3.05, 3.63) is 39.9 Å². The highest BCUT2D eigenvalue weighted by Crippen LogP contribution is 2.34. The molecule has 5 nitrogen and oxygen atoms in total. The van der Waals surface area contributed by atoms with Crippen LogP contribution in [0.4, 0.5) is 5.69 Å². The van der Waals surface area contributed by atoms with Gasteiger partial charge in [0.1, 0.15) is 5.78 Å². The topological polar surface area (TPSA) is 80.4 Å². The van der Waals surface area contributed by atoms with Crippen LogP contribution in [0.25, 0.3) is 0 Å². The summed E-state index contributed by atoms with van der Waals surface area (Å²) in [4.78, 5) is 22.1. The SMILES string of the molecule is O=C1CCSC[C@H]1[C@@H](O)c1ccccc1[N+](=O)[O-]. The summed E-state index contributed by atoms with van der Waals surface area (Å²) in [6.07, 6.45) is -0.667. The van der Waals surface area contributed by atoms with Crippen molar-refractivity contribution in [1.29, 1.82) is 0 Å². The van der Waals surface area contributed by atoms with Crippen LogP contribution in [-0.4, -0.2) is 27.3 Å². The molecule has 1 aromatic carbocycles. The Morgan fingerprint density at radius 3 is 2.83 bits per heavy atom. The first kappa shape index (κ1) is 13.0. The van der Waals surface area contributed by atoms with Crippen molar-refractivity contribution in [2.45, 2.75) is 12.5 Å². The van der Waals surface area contributed by atoms with E-state index in [1.165, 1.54) is 12.1 Å². The van der Waals surface area contributed by atoms with E-state index in [1.54, 1.807) is 23.9 Å². The summed E-state index contributed by atoms with van der Waals surface area (Å²) in [5.74, 6) is 0.731. The number of benzene rings is 1. The number of para-hydroxylation sites is 1. The average molecular weight is 267 g/mol. The van der Waals surface area contributed by atoms with Gasteiger partial charge in [-0.15, -0.1) is 0 Å². The number of carbonyl (C=O) groups is 1. The first-order chi connectivity index (χ1) is 8.61. The summed E-state index contributed by atoms with van der Waals surface area (Å²) in [6, 6.07) is 6.03. The maximum absolute atomic E-state index is 11.7. The molecule has 1 heterocycles. The minimum absolute atomic E-state index is 0.0144. The minimum atomic E-state index is -1.09. The molecule has 1 saturated heterocycles. The van der Waals surface area contributed by atoms with Gasteiger partial charge in [-0.2, -0.15) is 11.8 Å². The second-order valence-corrected chi connectivity index (χ2v) is 5.31. The number of thioether (sulfide) groups is 1. The number of aliphatic hydroxyl groups excluding tert-OH is 1. The number of aliphatic hydroxyl groups is 1. The number of nitro groups is 1. The maximum Gasteiger partial charge on any atom is 0.275 e. The summed E-state index contributed by atoms with van der Waals surface area (Å²) in [7, 11) is 0. The molecule has 0 unspecified atom stereocenters. The first-order valence-electron chi connectivity index (χ1n) is 5.63. The molecule has 1 fully saturated rings. The van der Waals surface area contributed by atoms with Gasteiger partial charge in [-0.25, -0.2) is 0 Å². The third-order valence-corrected chi connectivity index (χ3v) is 4.12. The van der Waals surface area contributed by atoms with E-state index in [-0.39, 0.29) is 17.0 Å². The Balaban J connectivity index is 2.30. The molecule has 0 aliphatic carbocycles. The smallest absolute Gasteiger partial charge is 0.275 e. The zero-order valence-corrected chi connectivity index (χ0v) is 10.4. The Morgan fingerprint density at radius 1 is 1.44 bits per heavy atom. The molecular formula is C12H13NO4S. The highest BCUT2D eigenvalue weighted by Gasteiger charge is 2.33. The molecule has 0 amide bonds. The summed E-state index contributed by atoms with van der Waals surface area (Å²) in [5.41, 5.74) is 0.0942. The summed E-state index contributed by atoms with van der Waals surface area (Å²) < 4.78 is 0. The molecule has 2 rings (SSSR count). The van der Waals surface area contributed by atoms with Crippen LogP contribution in [0, 0.1) is 16.0 Å². The van der Waals surface area contributed by atoms with Crippen molar-refractivity contribution in [1.82, 2.24) is 0 Å². The molecule has 0 aromatic heterocycles. The number of carbonyl (C=O) groups excluding carboxylic acids is 1. The molecule has 6 heteroatoms. The van der Waals surface area contributed by atoms with E-state index >= 15 is 0 Å². The molecular weight excluding hydrogens is 254 g/mol. The van der Waals surface area contributed by atoms with E-state index in [4.69, 9.17) is 0 Å². The average Bonchev–Trinajstić information content (AvgIpc) is 2.38. The fourth-order valence-electron chi connectivity index (χ4n) is 2.05. The van der Waals surface area contributed by atoms with Gasteiger partial charge < -0.3 is 5.11 Å². The van der Waals surface area contributed by atoms with Gasteiger partial charge in [-0.05, 0) is 6.07 Å². The van der Waals surface area contributed by atoms with Gasteiger partial charge >= 0.3 is 0 Å². The van der Waals surface area contributed by atoms with E-state index in [1.807, 2.05) is 0 Å². The number of hydrogen-bond acceptors (Lipinski definition) is 5. The van der Waals surface area contributed by atoms with Crippen LogP contribution in [-0.2, 0) is 4.79 Å². The number of nitro benzene ring substituents is 1. The largest absolute Gasteiger partial charge is 0.387 e. The molecule has 0 radical (unpaired) electrons. The van der Waals surface area contributed by atoms with Crippen LogP contribution in [0.3, 0.4) is 0 Å². The molecule has 1 aliphatic rings. The van der Waals surface area contributed by atoms with Gasteiger partial charge in [0.15, 0.2) is 0 Å². The highest BCUT2D eigenvalue weighted by molar-refractivity contribution is 7.99. The van der Waals surface area contributed by atoms with Crippen LogP contribution < -0.4 is 0 Å². The van der Waals surface area contributed by atoms with E-state index < -0.39 is 16.9 Å². The highest BCUT2D eigenvalue weighted by atomic mass is 32.2. The Labute approximate surface area is 108 Å². The van der Waals surface area contributed by atoms with Crippen molar-refractivity contribution in [3.8, 4) is 0 Å². The standard InChI is InChI=1S/C12H13NO4S/c14-11-5-6-18-7-9(11)12(15)8-3-1-2-4-10(8)13(16)17/h1-4,9,12,15H,5-7H2/t9-,12+/m1/s1. The van der Waals surface area contributed by atoms with E-state index in [9.17, 15) is 20.0 Å². The molecule has 1 N–H and O–H groups in total. The molecule has 0 spiro atoms. The Kier molecular flexibility index (Phi) is 3.98. The number of Topliss-reactive ketones (excluding diaryl/α,β-unsaturated/α-hetero) is 1. The number of hydrogen-bond donors (Lipinski definition) is 1. The summed E-state index contributed by atoms with van der Waals surface area (Å²) in [5, 5.41) is 21.1. The normalized spacial score (nSPS) is 21.6. The lowest BCUT2D eigenvalue weighted by atomic mass is 9.91. The van der Waals surface area contributed by atoms with Gasteiger partial charge in [0.25, 0.3) is 5.69 Å². The van der Waals surface area contributed by atoms with Crippen molar-refractivity contribution < 1.29 is 14.8 Å². The lowest BCUT2D eigenvalue weighted by molar-refractivity contribution is -0.386. The predicted molar refractivity (Wildman–Crippen MR) is 68.5 cm³/mol. The van der Waals surface area contributed by atoms with Crippen LogP contribution in [0.15, 0.2) is 24.3 Å². The van der Waals surface area contributed by atoms with Gasteiger partial charge in [0.2, 0.25) is 0 Å². The van der Waals surface area contributed by atoms with Crippen molar-refractivity contribution in [3.63, 3.8) is 0 Å². The molecule has 18 heavy (non-hydrogen) atoms. The van der Waals surface area contributed by atoms with Crippen LogP contribution in [0.2, 0.25) is 0 Å². The lowest BCUT2D eigenvalue weighted by Gasteiger charge is -2.25. The minimum Gasteiger partial charge on any atom is -0.387 e. The van der Waals surface area contributed by atoms with E-state index in [0.29, 0.717) is 12.2 Å². The fraction of sp³-hybridized carbons (Fsp3) is 0.417. The molecule has 0 bridgehead atoms. The molecule has 96 valence electrons. The predicted octanol–water partition coefficient (Wildman–Crippen LogP) is 1.95. The van der Waals surface area contributed by atoms with Crippen LogP contribution in [0.1, 0.15) is 18.1 Å². The van der Waals surface area contributed by atoms with Crippen molar-refractivity contribution in [2.24, 2.45) is 5.92 Å². The molecule has 1 aromatic rings. The summed E-state index contributed by atoms with van der Waals surface area (Å²) >= 11 is 1.59. The fourth-order valence-corrected chi connectivity index (χ4v) is 3.18. The van der Waals surface area contributed by atoms with Crippen LogP contribution >= 0.6 is 11.8 Å². The van der Waals surface area contributed by atoms with Gasteiger partial charge in [0, 0.05) is 24.0 Å². The zero-order chi connectivity index (χ0) is 13.1. The van der Waals surface area contributed by atoms with Gasteiger partial charge in [-0.3, -0.25) is 14.9 Å². The maximum atomic E-state index is 11.7. The Hall–Kier alpha value is -1.40. The summed E-state index contributed by atoms with van der Waals surface area (Å²) in [6.45, 7) is 0. The van der Waals surface area contributed by atoms with E-state index in [2.05, 4.69) is 0 Å². The number of rotatable bonds is 3. The zero-order valence-electron chi connectivity index (χ0n) is 9.61. The Bertz CT molecular complexity index is 477. The van der Waals surface area contributed by atoms with Crippen molar-refractivity contribution >= 4 is 23.2 Å². The second-order valence-electron chi connectivity index (χ2n) is 4.16. The van der Waals surface area contributed by atoms with Gasteiger partial charge in [-0.1, -0.05) is 12.1 Å². The number of ketones is 1. The lowest BCUT2D eigenvalue weighted by Crippen LogP contribution is -2.28. The molecule has 0 saturated carbocycles. The second kappa shape index (κ2) is 5.49. The number of nitrogens with zero attached hydrogens (tertiary/aromatic N) is 1. The molecule has 1 aliphatic heterocycles. The monoisotopic (exact) mass is 267 g/mol. The third kappa shape index (κ3) is 2.54.